The number of anilines is 1. The molecule has 5 nitrogen and oxygen atoms in total. The number of carbonyl (C=O) groups excluding carboxylic acids is 1. The highest BCUT2D eigenvalue weighted by Gasteiger charge is 2.17. The standard InChI is InChI=1S/C17H15ClN4O/c1-22-8-10-2-3-13(4-11(10)9-22)20-17(23)14-5-12(18)6-16-15(14)7-19-21-16/h2-7H,8-9H2,1H3,(H,19,21)(H,20,23). The third-order valence-electron chi connectivity index (χ3n) is 4.11. The number of carbonyl (C=O) groups is 1. The molecule has 0 radical (unpaired) electrons. The Balaban J connectivity index is 1.65. The number of nitrogens with zero attached hydrogens (tertiary/aromatic N) is 2. The van der Waals surface area contributed by atoms with Gasteiger partial charge in [-0.15, -0.1) is 0 Å². The quantitative estimate of drug-likeness (QED) is 0.758. The van der Waals surface area contributed by atoms with Crippen molar-refractivity contribution in [3.05, 3.63) is 58.2 Å². The van der Waals surface area contributed by atoms with Crippen molar-refractivity contribution in [2.24, 2.45) is 0 Å². The van der Waals surface area contributed by atoms with Crippen LogP contribution in [0.3, 0.4) is 0 Å². The largest absolute Gasteiger partial charge is 0.322 e. The van der Waals surface area contributed by atoms with Crippen LogP contribution in [0, 0.1) is 0 Å². The fraction of sp³-hybridized carbons (Fsp3) is 0.176. The third-order valence-corrected chi connectivity index (χ3v) is 4.33. The first kappa shape index (κ1) is 14.2. The van der Waals surface area contributed by atoms with Crippen molar-refractivity contribution < 1.29 is 4.79 Å². The van der Waals surface area contributed by atoms with Crippen molar-refractivity contribution in [2.75, 3.05) is 12.4 Å². The van der Waals surface area contributed by atoms with E-state index in [-0.39, 0.29) is 5.91 Å². The molecule has 0 bridgehead atoms. The van der Waals surface area contributed by atoms with Gasteiger partial charge < -0.3 is 5.32 Å². The molecule has 23 heavy (non-hydrogen) atoms. The maximum Gasteiger partial charge on any atom is 0.256 e. The number of amides is 1. The van der Waals surface area contributed by atoms with E-state index in [4.69, 9.17) is 11.6 Å². The fourth-order valence-corrected chi connectivity index (χ4v) is 3.26. The van der Waals surface area contributed by atoms with E-state index in [1.807, 2.05) is 12.1 Å². The molecule has 2 aromatic carbocycles. The lowest BCUT2D eigenvalue weighted by Gasteiger charge is -2.08. The average molecular weight is 327 g/mol. The predicted octanol–water partition coefficient (Wildman–Crippen LogP) is 3.41. The third kappa shape index (κ3) is 2.58. The number of H-pyrrole nitrogens is 1. The lowest BCUT2D eigenvalue weighted by atomic mass is 10.1. The van der Waals surface area contributed by atoms with E-state index in [9.17, 15) is 4.79 Å². The van der Waals surface area contributed by atoms with E-state index < -0.39 is 0 Å². The van der Waals surface area contributed by atoms with Gasteiger partial charge in [0.2, 0.25) is 0 Å². The van der Waals surface area contributed by atoms with Gasteiger partial charge in [-0.25, -0.2) is 0 Å². The first-order valence-electron chi connectivity index (χ1n) is 7.34. The first-order chi connectivity index (χ1) is 11.1. The van der Waals surface area contributed by atoms with Crippen LogP contribution in [0.15, 0.2) is 36.5 Å². The van der Waals surface area contributed by atoms with E-state index in [2.05, 4.69) is 33.5 Å². The zero-order valence-corrected chi connectivity index (χ0v) is 13.3. The van der Waals surface area contributed by atoms with Gasteiger partial charge in [0.1, 0.15) is 0 Å². The Morgan fingerprint density at radius 3 is 2.96 bits per heavy atom. The number of nitrogens with one attached hydrogen (secondary N) is 2. The smallest absolute Gasteiger partial charge is 0.256 e. The molecule has 0 spiro atoms. The van der Waals surface area contributed by atoms with Crippen LogP contribution in [0.25, 0.3) is 10.9 Å². The fourth-order valence-electron chi connectivity index (χ4n) is 3.04. The molecule has 0 aliphatic carbocycles. The number of hydrogen-bond donors (Lipinski definition) is 2. The normalized spacial score (nSPS) is 14.2. The molecule has 4 rings (SSSR count). The highest BCUT2D eigenvalue weighted by Crippen LogP contribution is 2.26. The molecule has 2 N–H and O–H groups in total. The summed E-state index contributed by atoms with van der Waals surface area (Å²) in [4.78, 5) is 14.9. The molecule has 1 aromatic heterocycles. The van der Waals surface area contributed by atoms with E-state index in [1.165, 1.54) is 11.1 Å². The van der Waals surface area contributed by atoms with E-state index in [1.54, 1.807) is 18.3 Å². The van der Waals surface area contributed by atoms with Crippen LogP contribution in [0.4, 0.5) is 5.69 Å². The van der Waals surface area contributed by atoms with Crippen LogP contribution in [0.1, 0.15) is 21.5 Å². The minimum absolute atomic E-state index is 0.190. The van der Waals surface area contributed by atoms with Crippen LogP contribution < -0.4 is 5.32 Å². The lowest BCUT2D eigenvalue weighted by Crippen LogP contribution is -2.12. The van der Waals surface area contributed by atoms with Gasteiger partial charge in [-0.3, -0.25) is 14.8 Å². The van der Waals surface area contributed by atoms with Gasteiger partial charge in [-0.05, 0) is 42.4 Å². The molecule has 0 atom stereocenters. The molecule has 6 heteroatoms. The van der Waals surface area contributed by atoms with Crippen molar-refractivity contribution in [3.63, 3.8) is 0 Å². The number of aromatic amines is 1. The Labute approximate surface area is 138 Å². The summed E-state index contributed by atoms with van der Waals surface area (Å²) in [5, 5.41) is 11.0. The Morgan fingerprint density at radius 1 is 1.26 bits per heavy atom. The van der Waals surface area contributed by atoms with Crippen molar-refractivity contribution in [1.82, 2.24) is 15.1 Å². The molecule has 0 unspecified atom stereocenters. The van der Waals surface area contributed by atoms with Gasteiger partial charge in [-0.1, -0.05) is 17.7 Å². The van der Waals surface area contributed by atoms with Gasteiger partial charge >= 0.3 is 0 Å². The molecule has 0 fully saturated rings. The van der Waals surface area contributed by atoms with Crippen molar-refractivity contribution in [1.29, 1.82) is 0 Å². The predicted molar refractivity (Wildman–Crippen MR) is 90.7 cm³/mol. The summed E-state index contributed by atoms with van der Waals surface area (Å²) in [5.74, 6) is -0.190. The summed E-state index contributed by atoms with van der Waals surface area (Å²) in [6.45, 7) is 1.86. The zero-order valence-electron chi connectivity index (χ0n) is 12.6. The number of benzene rings is 2. The van der Waals surface area contributed by atoms with E-state index >= 15 is 0 Å². The van der Waals surface area contributed by atoms with Crippen molar-refractivity contribution >= 4 is 34.1 Å². The number of halogens is 1. The molecule has 116 valence electrons. The van der Waals surface area contributed by atoms with E-state index in [0.29, 0.717) is 10.6 Å². The molecule has 2 heterocycles. The second kappa shape index (κ2) is 5.37. The maximum atomic E-state index is 12.6. The number of hydrogen-bond acceptors (Lipinski definition) is 3. The highest BCUT2D eigenvalue weighted by molar-refractivity contribution is 6.32. The summed E-state index contributed by atoms with van der Waals surface area (Å²) in [6, 6.07) is 9.46. The molecule has 1 amide bonds. The van der Waals surface area contributed by atoms with Crippen LogP contribution in [0.2, 0.25) is 5.02 Å². The maximum absolute atomic E-state index is 12.6. The number of rotatable bonds is 2. The second-order valence-corrected chi connectivity index (χ2v) is 6.33. The number of aromatic nitrogens is 2. The Kier molecular flexibility index (Phi) is 3.32. The van der Waals surface area contributed by atoms with Crippen molar-refractivity contribution in [3.8, 4) is 0 Å². The monoisotopic (exact) mass is 326 g/mol. The number of fused-ring (bicyclic) bond motifs is 2. The first-order valence-corrected chi connectivity index (χ1v) is 7.72. The van der Waals surface area contributed by atoms with Gasteiger partial charge in [-0.2, -0.15) is 5.10 Å². The highest BCUT2D eigenvalue weighted by atomic mass is 35.5. The Hall–Kier alpha value is -2.37. The van der Waals surface area contributed by atoms with Gasteiger partial charge in [0, 0.05) is 29.2 Å². The van der Waals surface area contributed by atoms with E-state index in [0.717, 1.165) is 29.7 Å². The summed E-state index contributed by atoms with van der Waals surface area (Å²) >= 11 is 6.09. The lowest BCUT2D eigenvalue weighted by molar-refractivity contribution is 0.102. The summed E-state index contributed by atoms with van der Waals surface area (Å²) in [6.07, 6.45) is 1.64. The second-order valence-electron chi connectivity index (χ2n) is 5.89. The van der Waals surface area contributed by atoms with Gasteiger partial charge in [0.25, 0.3) is 5.91 Å². The summed E-state index contributed by atoms with van der Waals surface area (Å²) in [7, 11) is 2.08. The van der Waals surface area contributed by atoms with Crippen LogP contribution in [0.5, 0.6) is 0 Å². The van der Waals surface area contributed by atoms with Crippen LogP contribution >= 0.6 is 11.6 Å². The van der Waals surface area contributed by atoms with Gasteiger partial charge in [0.05, 0.1) is 17.3 Å². The molecule has 1 aliphatic rings. The van der Waals surface area contributed by atoms with Crippen LogP contribution in [-0.4, -0.2) is 28.1 Å². The topological polar surface area (TPSA) is 61.0 Å². The summed E-state index contributed by atoms with van der Waals surface area (Å²) < 4.78 is 0. The molecule has 0 saturated heterocycles. The van der Waals surface area contributed by atoms with Crippen LogP contribution in [-0.2, 0) is 13.1 Å². The SMILES string of the molecule is CN1Cc2ccc(NC(=O)c3cc(Cl)cc4[nH]ncc34)cc2C1. The Bertz CT molecular complexity index is 918. The molecular weight excluding hydrogens is 312 g/mol. The molecule has 3 aromatic rings. The molecule has 1 aliphatic heterocycles. The minimum Gasteiger partial charge on any atom is -0.322 e. The summed E-state index contributed by atoms with van der Waals surface area (Å²) in [5.41, 5.74) is 4.62. The van der Waals surface area contributed by atoms with Gasteiger partial charge in [0.15, 0.2) is 0 Å². The molecular formula is C17H15ClN4O. The minimum atomic E-state index is -0.190. The van der Waals surface area contributed by atoms with Crippen molar-refractivity contribution in [2.45, 2.75) is 13.1 Å². The Morgan fingerprint density at radius 2 is 2.09 bits per heavy atom. The zero-order chi connectivity index (χ0) is 16.0. The molecule has 0 saturated carbocycles. The average Bonchev–Trinajstić information content (AvgIpc) is 3.10.